The summed E-state index contributed by atoms with van der Waals surface area (Å²) in [4.78, 5) is 15.6. The highest BCUT2D eigenvalue weighted by molar-refractivity contribution is 5.75. The quantitative estimate of drug-likeness (QED) is 0.295. The molecule has 8 heteroatoms. The fraction of sp³-hybridized carbons (Fsp3) is 0.533. The third-order valence-corrected chi connectivity index (χ3v) is 2.87. The summed E-state index contributed by atoms with van der Waals surface area (Å²) in [7, 11) is 8.39. The third kappa shape index (κ3) is 7.85. The summed E-state index contributed by atoms with van der Waals surface area (Å²) in [6.45, 7) is 3.25. The number of hydrogen-bond donors (Lipinski definition) is 0. The molecule has 23 heavy (non-hydrogen) atoms. The molecule has 1 unspecified atom stereocenters. The van der Waals surface area contributed by atoms with E-state index in [2.05, 4.69) is 11.3 Å². The molecular weight excluding hydrogens is 313 g/mol. The molecule has 0 rings (SSSR count). The Bertz CT molecular complexity index is 449. The SMILES string of the molecule is C=C/C(=C\C=C\C(C(=O)OC)C(N(C)C)N(C)C)OC(F)(F)F. The van der Waals surface area contributed by atoms with Gasteiger partial charge in [0.15, 0.2) is 0 Å². The second-order valence-corrected chi connectivity index (χ2v) is 5.10. The van der Waals surface area contributed by atoms with E-state index in [1.165, 1.54) is 19.3 Å². The van der Waals surface area contributed by atoms with E-state index in [-0.39, 0.29) is 6.17 Å². The van der Waals surface area contributed by atoms with Crippen LogP contribution in [0.5, 0.6) is 0 Å². The fourth-order valence-corrected chi connectivity index (χ4v) is 2.09. The minimum absolute atomic E-state index is 0.331. The van der Waals surface area contributed by atoms with Gasteiger partial charge in [0.1, 0.15) is 11.7 Å². The second kappa shape index (κ2) is 9.36. The van der Waals surface area contributed by atoms with Crippen molar-refractivity contribution in [2.45, 2.75) is 12.5 Å². The van der Waals surface area contributed by atoms with Crippen LogP contribution in [0.2, 0.25) is 0 Å². The molecule has 0 fully saturated rings. The van der Waals surface area contributed by atoms with Gasteiger partial charge in [-0.25, -0.2) is 0 Å². The topological polar surface area (TPSA) is 42.0 Å². The summed E-state index contributed by atoms with van der Waals surface area (Å²) in [6, 6.07) is 0. The van der Waals surface area contributed by atoms with E-state index < -0.39 is 24.0 Å². The van der Waals surface area contributed by atoms with Crippen LogP contribution in [-0.2, 0) is 14.3 Å². The number of halogens is 3. The van der Waals surface area contributed by atoms with E-state index in [1.54, 1.807) is 38.0 Å². The largest absolute Gasteiger partial charge is 0.573 e. The summed E-state index contributed by atoms with van der Waals surface area (Å²) >= 11 is 0. The molecule has 0 aromatic heterocycles. The highest BCUT2D eigenvalue weighted by Gasteiger charge is 2.32. The Morgan fingerprint density at radius 1 is 1.17 bits per heavy atom. The second-order valence-electron chi connectivity index (χ2n) is 5.10. The number of nitrogens with zero attached hydrogens (tertiary/aromatic N) is 2. The van der Waals surface area contributed by atoms with E-state index in [1.807, 2.05) is 0 Å². The molecule has 0 amide bonds. The molecule has 0 aromatic carbocycles. The zero-order chi connectivity index (χ0) is 18.2. The average Bonchev–Trinajstić information content (AvgIpc) is 2.41. The highest BCUT2D eigenvalue weighted by Crippen LogP contribution is 2.21. The van der Waals surface area contributed by atoms with Crippen molar-refractivity contribution >= 4 is 5.97 Å². The van der Waals surface area contributed by atoms with Crippen molar-refractivity contribution in [3.05, 3.63) is 36.6 Å². The van der Waals surface area contributed by atoms with Crippen LogP contribution in [0.3, 0.4) is 0 Å². The molecule has 0 saturated carbocycles. The van der Waals surface area contributed by atoms with Crippen molar-refractivity contribution in [3.8, 4) is 0 Å². The van der Waals surface area contributed by atoms with Gasteiger partial charge in [0.2, 0.25) is 0 Å². The molecule has 0 bridgehead atoms. The molecule has 132 valence electrons. The maximum atomic E-state index is 12.2. The monoisotopic (exact) mass is 336 g/mol. The molecule has 0 heterocycles. The molecule has 0 aliphatic rings. The van der Waals surface area contributed by atoms with Gasteiger partial charge in [-0.15, -0.1) is 13.2 Å². The van der Waals surface area contributed by atoms with Gasteiger partial charge < -0.3 is 9.47 Å². The number of carbonyl (C=O) groups excluding carboxylic acids is 1. The lowest BCUT2D eigenvalue weighted by molar-refractivity contribution is -0.303. The minimum Gasteiger partial charge on any atom is -0.468 e. The van der Waals surface area contributed by atoms with Crippen LogP contribution in [0.1, 0.15) is 0 Å². The van der Waals surface area contributed by atoms with E-state index >= 15 is 0 Å². The number of allylic oxidation sites excluding steroid dienone is 3. The van der Waals surface area contributed by atoms with Crippen molar-refractivity contribution in [1.29, 1.82) is 0 Å². The van der Waals surface area contributed by atoms with Gasteiger partial charge in [0.25, 0.3) is 0 Å². The van der Waals surface area contributed by atoms with E-state index in [0.717, 1.165) is 12.2 Å². The van der Waals surface area contributed by atoms with Crippen LogP contribution in [-0.4, -0.2) is 63.6 Å². The lowest BCUT2D eigenvalue weighted by atomic mass is 10.0. The van der Waals surface area contributed by atoms with Crippen LogP contribution in [0.4, 0.5) is 13.2 Å². The summed E-state index contributed by atoms with van der Waals surface area (Å²) in [5.41, 5.74) is 0. The molecule has 0 N–H and O–H groups in total. The fourth-order valence-electron chi connectivity index (χ4n) is 2.09. The lowest BCUT2D eigenvalue weighted by Crippen LogP contribution is -2.48. The van der Waals surface area contributed by atoms with Crippen LogP contribution >= 0.6 is 0 Å². The van der Waals surface area contributed by atoms with Crippen LogP contribution in [0.15, 0.2) is 36.6 Å². The number of esters is 1. The zero-order valence-electron chi connectivity index (χ0n) is 13.9. The highest BCUT2D eigenvalue weighted by atomic mass is 19.4. The van der Waals surface area contributed by atoms with E-state index in [0.29, 0.717) is 0 Å². The Morgan fingerprint density at radius 3 is 2.04 bits per heavy atom. The molecule has 1 atom stereocenters. The first kappa shape index (κ1) is 21.2. The predicted molar refractivity (Wildman–Crippen MR) is 81.2 cm³/mol. The van der Waals surface area contributed by atoms with Crippen molar-refractivity contribution in [1.82, 2.24) is 9.80 Å². The minimum atomic E-state index is -4.80. The Labute approximate surface area is 134 Å². The molecule has 0 spiro atoms. The summed E-state index contributed by atoms with van der Waals surface area (Å²) < 4.78 is 45.1. The summed E-state index contributed by atoms with van der Waals surface area (Å²) in [5, 5.41) is 0. The van der Waals surface area contributed by atoms with E-state index in [9.17, 15) is 18.0 Å². The zero-order valence-corrected chi connectivity index (χ0v) is 13.9. The average molecular weight is 336 g/mol. The molecule has 5 nitrogen and oxygen atoms in total. The molecule has 0 aliphatic carbocycles. The van der Waals surface area contributed by atoms with Gasteiger partial charge in [-0.1, -0.05) is 18.7 Å². The van der Waals surface area contributed by atoms with Crippen molar-refractivity contribution < 1.29 is 27.4 Å². The van der Waals surface area contributed by atoms with Crippen LogP contribution in [0.25, 0.3) is 0 Å². The Morgan fingerprint density at radius 2 is 1.70 bits per heavy atom. The van der Waals surface area contributed by atoms with Crippen LogP contribution < -0.4 is 0 Å². The van der Waals surface area contributed by atoms with Crippen molar-refractivity contribution in [3.63, 3.8) is 0 Å². The van der Waals surface area contributed by atoms with Gasteiger partial charge in [-0.3, -0.25) is 14.6 Å². The smallest absolute Gasteiger partial charge is 0.468 e. The number of ether oxygens (including phenoxy) is 2. The van der Waals surface area contributed by atoms with E-state index in [4.69, 9.17) is 4.74 Å². The molecule has 0 saturated heterocycles. The third-order valence-electron chi connectivity index (χ3n) is 2.87. The normalized spacial score (nSPS) is 14.7. The summed E-state index contributed by atoms with van der Waals surface area (Å²) in [5.74, 6) is -1.67. The standard InChI is InChI=1S/C15H23F3N2O3/c1-7-11(23-15(16,17)18)9-8-10-12(14(21)22-6)13(19(2)3)20(4)5/h7-10,12-13H,1H2,2-6H3/b10-8+,11-9+. The Balaban J connectivity index is 5.38. The number of rotatable bonds is 8. The Hall–Kier alpha value is -1.80. The molecule has 0 aliphatic heterocycles. The van der Waals surface area contributed by atoms with Gasteiger partial charge >= 0.3 is 12.3 Å². The summed E-state index contributed by atoms with van der Waals surface area (Å²) in [6.07, 6.45) is -0.350. The molecular formula is C15H23F3N2O3. The van der Waals surface area contributed by atoms with Crippen LogP contribution in [0, 0.1) is 5.92 Å². The number of hydrogen-bond acceptors (Lipinski definition) is 5. The number of alkyl halides is 3. The first-order valence-electron chi connectivity index (χ1n) is 6.70. The first-order valence-corrected chi connectivity index (χ1v) is 6.70. The first-order chi connectivity index (χ1) is 10.5. The predicted octanol–water partition coefficient (Wildman–Crippen LogP) is 2.39. The molecule has 0 aromatic rings. The van der Waals surface area contributed by atoms with Gasteiger partial charge in [0, 0.05) is 0 Å². The Kier molecular flexibility index (Phi) is 8.63. The van der Waals surface area contributed by atoms with Crippen molar-refractivity contribution in [2.75, 3.05) is 35.3 Å². The van der Waals surface area contributed by atoms with Gasteiger partial charge in [-0.05, 0) is 40.3 Å². The number of carbonyl (C=O) groups is 1. The van der Waals surface area contributed by atoms with Gasteiger partial charge in [-0.2, -0.15) is 0 Å². The number of methoxy groups -OCH3 is 1. The molecule has 0 radical (unpaired) electrons. The lowest BCUT2D eigenvalue weighted by Gasteiger charge is -2.34. The maximum absolute atomic E-state index is 12.2. The maximum Gasteiger partial charge on any atom is 0.573 e. The van der Waals surface area contributed by atoms with Crippen molar-refractivity contribution in [2.24, 2.45) is 5.92 Å². The van der Waals surface area contributed by atoms with Gasteiger partial charge in [0.05, 0.1) is 13.3 Å².